The van der Waals surface area contributed by atoms with Crippen LogP contribution < -0.4 is 11.2 Å². The molecule has 112 valence electrons. The second kappa shape index (κ2) is 5.85. The number of hydrogen-bond donors (Lipinski definition) is 1. The molecule has 21 heavy (non-hydrogen) atoms. The van der Waals surface area contributed by atoms with Crippen LogP contribution >= 0.6 is 23.2 Å². The standard InChI is InChI=1S/C15H16Cl2N2O2/c16-10-6-11(17)13-12(7-10)18-15(21)19(14(13)20)8-9-4-2-1-3-5-9/h6-7,9H,1-5,8H2,(H,18,21). The van der Waals surface area contributed by atoms with Crippen molar-refractivity contribution in [2.75, 3.05) is 0 Å². The molecule has 1 fully saturated rings. The average Bonchev–Trinajstić information content (AvgIpc) is 2.43. The molecule has 0 unspecified atom stereocenters. The van der Waals surface area contributed by atoms with E-state index in [1.165, 1.54) is 29.9 Å². The summed E-state index contributed by atoms with van der Waals surface area (Å²) in [5, 5.41) is 1.00. The van der Waals surface area contributed by atoms with Crippen LogP contribution in [-0.2, 0) is 6.54 Å². The third-order valence-corrected chi connectivity index (χ3v) is 4.68. The molecule has 0 atom stereocenters. The summed E-state index contributed by atoms with van der Waals surface area (Å²) in [6, 6.07) is 3.08. The van der Waals surface area contributed by atoms with Gasteiger partial charge in [-0.25, -0.2) is 4.79 Å². The summed E-state index contributed by atoms with van der Waals surface area (Å²) in [6.45, 7) is 0.461. The highest BCUT2D eigenvalue weighted by molar-refractivity contribution is 6.38. The van der Waals surface area contributed by atoms with Gasteiger partial charge in [0.2, 0.25) is 0 Å². The Kier molecular flexibility index (Phi) is 4.09. The maximum absolute atomic E-state index is 12.6. The molecule has 1 saturated carbocycles. The lowest BCUT2D eigenvalue weighted by molar-refractivity contribution is 0.312. The minimum Gasteiger partial charge on any atom is -0.307 e. The first-order chi connectivity index (χ1) is 10.1. The summed E-state index contributed by atoms with van der Waals surface area (Å²) in [5.41, 5.74) is -0.334. The minimum atomic E-state index is -0.392. The molecule has 1 N–H and O–H groups in total. The first-order valence-electron chi connectivity index (χ1n) is 7.18. The maximum Gasteiger partial charge on any atom is 0.328 e. The van der Waals surface area contributed by atoms with Crippen LogP contribution in [0.4, 0.5) is 0 Å². The Labute approximate surface area is 131 Å². The summed E-state index contributed by atoms with van der Waals surface area (Å²) in [7, 11) is 0. The Bertz CT molecular complexity index is 789. The lowest BCUT2D eigenvalue weighted by Crippen LogP contribution is -2.37. The molecule has 1 aromatic carbocycles. The van der Waals surface area contributed by atoms with Crippen molar-refractivity contribution in [3.05, 3.63) is 43.0 Å². The molecule has 0 radical (unpaired) electrons. The molecule has 1 aliphatic rings. The van der Waals surface area contributed by atoms with Gasteiger partial charge in [-0.15, -0.1) is 0 Å². The Morgan fingerprint density at radius 3 is 2.57 bits per heavy atom. The summed E-state index contributed by atoms with van der Waals surface area (Å²) in [6.07, 6.45) is 5.71. The third-order valence-electron chi connectivity index (χ3n) is 4.17. The molecule has 0 amide bonds. The van der Waals surface area contributed by atoms with Gasteiger partial charge in [0.05, 0.1) is 15.9 Å². The van der Waals surface area contributed by atoms with Gasteiger partial charge in [-0.2, -0.15) is 0 Å². The van der Waals surface area contributed by atoms with Gasteiger partial charge in [-0.3, -0.25) is 9.36 Å². The van der Waals surface area contributed by atoms with Crippen LogP contribution in [0.3, 0.4) is 0 Å². The molecule has 0 aliphatic heterocycles. The maximum atomic E-state index is 12.6. The van der Waals surface area contributed by atoms with Crippen LogP contribution in [0, 0.1) is 5.92 Å². The number of aromatic nitrogens is 2. The number of aromatic amines is 1. The third kappa shape index (κ3) is 2.87. The van der Waals surface area contributed by atoms with E-state index in [0.29, 0.717) is 28.4 Å². The van der Waals surface area contributed by atoms with Gasteiger partial charge in [0, 0.05) is 11.6 Å². The fraction of sp³-hybridized carbons (Fsp3) is 0.467. The lowest BCUT2D eigenvalue weighted by Gasteiger charge is -2.21. The van der Waals surface area contributed by atoms with Gasteiger partial charge in [0.15, 0.2) is 0 Å². The second-order valence-electron chi connectivity index (χ2n) is 5.66. The van der Waals surface area contributed by atoms with E-state index in [9.17, 15) is 9.59 Å². The van der Waals surface area contributed by atoms with Crippen molar-refractivity contribution in [2.24, 2.45) is 5.92 Å². The van der Waals surface area contributed by atoms with Crippen molar-refractivity contribution >= 4 is 34.1 Å². The van der Waals surface area contributed by atoms with Crippen molar-refractivity contribution < 1.29 is 0 Å². The zero-order valence-electron chi connectivity index (χ0n) is 11.5. The topological polar surface area (TPSA) is 54.9 Å². The molecule has 1 aromatic heterocycles. The Balaban J connectivity index is 2.11. The normalized spacial score (nSPS) is 16.5. The van der Waals surface area contributed by atoms with Gasteiger partial charge in [0.1, 0.15) is 0 Å². The van der Waals surface area contributed by atoms with Crippen LogP contribution in [0.2, 0.25) is 10.0 Å². The molecule has 1 aliphatic carbocycles. The largest absolute Gasteiger partial charge is 0.328 e. The molecule has 1 heterocycles. The van der Waals surface area contributed by atoms with Crippen LogP contribution in [-0.4, -0.2) is 9.55 Å². The fourth-order valence-corrected chi connectivity index (χ4v) is 3.67. The Morgan fingerprint density at radius 2 is 1.86 bits per heavy atom. The molecular formula is C15H16Cl2N2O2. The zero-order valence-corrected chi connectivity index (χ0v) is 13.0. The predicted octanol–water partition coefficient (Wildman–Crippen LogP) is 3.58. The number of benzene rings is 1. The Morgan fingerprint density at radius 1 is 1.14 bits per heavy atom. The first kappa shape index (κ1) is 14.7. The monoisotopic (exact) mass is 326 g/mol. The number of halogens is 2. The fourth-order valence-electron chi connectivity index (χ4n) is 3.09. The molecule has 4 nitrogen and oxygen atoms in total. The van der Waals surface area contributed by atoms with E-state index in [4.69, 9.17) is 23.2 Å². The molecule has 0 saturated heterocycles. The van der Waals surface area contributed by atoms with Gasteiger partial charge < -0.3 is 4.98 Å². The molecule has 6 heteroatoms. The van der Waals surface area contributed by atoms with Crippen molar-refractivity contribution in [3.63, 3.8) is 0 Å². The minimum absolute atomic E-state index is 0.274. The number of nitrogens with zero attached hydrogens (tertiary/aromatic N) is 1. The van der Waals surface area contributed by atoms with Crippen LogP contribution in [0.5, 0.6) is 0 Å². The van der Waals surface area contributed by atoms with Gasteiger partial charge >= 0.3 is 5.69 Å². The number of nitrogens with one attached hydrogen (secondary N) is 1. The van der Waals surface area contributed by atoms with Gasteiger partial charge in [-0.05, 0) is 30.9 Å². The Hall–Kier alpha value is -1.26. The number of H-pyrrole nitrogens is 1. The molecule has 2 aromatic rings. The van der Waals surface area contributed by atoms with Crippen molar-refractivity contribution in [2.45, 2.75) is 38.6 Å². The molecule has 0 bridgehead atoms. The van der Waals surface area contributed by atoms with Gasteiger partial charge in [0.25, 0.3) is 5.56 Å². The van der Waals surface area contributed by atoms with E-state index in [2.05, 4.69) is 4.98 Å². The van der Waals surface area contributed by atoms with E-state index in [0.717, 1.165) is 12.8 Å². The van der Waals surface area contributed by atoms with E-state index in [-0.39, 0.29) is 10.6 Å². The number of rotatable bonds is 2. The number of hydrogen-bond acceptors (Lipinski definition) is 2. The van der Waals surface area contributed by atoms with Crippen LogP contribution in [0.15, 0.2) is 21.7 Å². The second-order valence-corrected chi connectivity index (χ2v) is 6.50. The first-order valence-corrected chi connectivity index (χ1v) is 7.94. The SMILES string of the molecule is O=c1[nH]c2cc(Cl)cc(Cl)c2c(=O)n1CC1CCCCC1. The van der Waals surface area contributed by atoms with Gasteiger partial charge in [-0.1, -0.05) is 42.5 Å². The van der Waals surface area contributed by atoms with E-state index in [1.54, 1.807) is 6.07 Å². The molecule has 0 spiro atoms. The number of fused-ring (bicyclic) bond motifs is 1. The molecule has 3 rings (SSSR count). The quantitative estimate of drug-likeness (QED) is 0.917. The van der Waals surface area contributed by atoms with Crippen molar-refractivity contribution in [1.29, 1.82) is 0 Å². The predicted molar refractivity (Wildman–Crippen MR) is 85.4 cm³/mol. The summed E-state index contributed by atoms with van der Waals surface area (Å²) in [5.74, 6) is 0.390. The zero-order chi connectivity index (χ0) is 15.0. The summed E-state index contributed by atoms with van der Waals surface area (Å²) in [4.78, 5) is 27.5. The van der Waals surface area contributed by atoms with Crippen LogP contribution in [0.1, 0.15) is 32.1 Å². The summed E-state index contributed by atoms with van der Waals surface area (Å²) < 4.78 is 1.28. The van der Waals surface area contributed by atoms with Crippen LogP contribution in [0.25, 0.3) is 10.9 Å². The highest BCUT2D eigenvalue weighted by Gasteiger charge is 2.18. The summed E-state index contributed by atoms with van der Waals surface area (Å²) >= 11 is 12.0. The highest BCUT2D eigenvalue weighted by Crippen LogP contribution is 2.25. The van der Waals surface area contributed by atoms with E-state index < -0.39 is 5.69 Å². The molecular weight excluding hydrogens is 311 g/mol. The van der Waals surface area contributed by atoms with Crippen molar-refractivity contribution in [3.8, 4) is 0 Å². The average molecular weight is 327 g/mol. The smallest absolute Gasteiger partial charge is 0.307 e. The highest BCUT2D eigenvalue weighted by atomic mass is 35.5. The van der Waals surface area contributed by atoms with E-state index >= 15 is 0 Å². The lowest BCUT2D eigenvalue weighted by atomic mass is 9.89. The van der Waals surface area contributed by atoms with Crippen molar-refractivity contribution in [1.82, 2.24) is 9.55 Å². The van der Waals surface area contributed by atoms with E-state index in [1.807, 2.05) is 0 Å².